The molecule has 2 nitrogen and oxygen atoms in total. The lowest BCUT2D eigenvalue weighted by molar-refractivity contribution is -0.141. The molecule has 0 spiro atoms. The molecule has 1 saturated carbocycles. The number of rotatable bonds is 2. The predicted octanol–water partition coefficient (Wildman–Crippen LogP) is 2.32. The zero-order chi connectivity index (χ0) is 9.57. The lowest BCUT2D eigenvalue weighted by Crippen LogP contribution is -2.49. The highest BCUT2D eigenvalue weighted by Crippen LogP contribution is 2.56. The summed E-state index contributed by atoms with van der Waals surface area (Å²) in [6, 6.07) is 0. The molecule has 0 atom stereocenters. The summed E-state index contributed by atoms with van der Waals surface area (Å²) in [6.07, 6.45) is 0.926. The summed E-state index contributed by atoms with van der Waals surface area (Å²) in [4.78, 5) is 21.7. The average molecular weight is 209 g/mol. The Kier molecular flexibility index (Phi) is 2.26. The average Bonchev–Trinajstić information content (AvgIpc) is 1.83. The summed E-state index contributed by atoms with van der Waals surface area (Å²) in [5.74, 6) is 0. The van der Waals surface area contributed by atoms with E-state index in [2.05, 4.69) is 0 Å². The molecule has 0 aromatic carbocycles. The highest BCUT2D eigenvalue weighted by atomic mass is 35.5. The lowest BCUT2D eigenvalue weighted by atomic mass is 9.55. The minimum absolute atomic E-state index is 0.377. The van der Waals surface area contributed by atoms with E-state index in [1.807, 2.05) is 0 Å². The van der Waals surface area contributed by atoms with E-state index in [0.717, 1.165) is 0 Å². The fourth-order valence-electron chi connectivity index (χ4n) is 1.95. The van der Waals surface area contributed by atoms with Gasteiger partial charge >= 0.3 is 0 Å². The minimum atomic E-state index is -0.541. The van der Waals surface area contributed by atoms with Gasteiger partial charge in [-0.2, -0.15) is 0 Å². The van der Waals surface area contributed by atoms with Crippen molar-refractivity contribution < 1.29 is 9.59 Å². The first-order chi connectivity index (χ1) is 5.30. The normalized spacial score (nSPS) is 40.3. The number of hydrogen-bond donors (Lipinski definition) is 0. The topological polar surface area (TPSA) is 34.1 Å². The van der Waals surface area contributed by atoms with Crippen LogP contribution in [0.2, 0.25) is 0 Å². The van der Waals surface area contributed by atoms with Gasteiger partial charge in [-0.3, -0.25) is 9.59 Å². The number of hydrogen-bond acceptors (Lipinski definition) is 2. The Morgan fingerprint density at radius 2 is 1.25 bits per heavy atom. The molecule has 1 aliphatic carbocycles. The van der Waals surface area contributed by atoms with Gasteiger partial charge in [0.1, 0.15) is 0 Å². The zero-order valence-corrected chi connectivity index (χ0v) is 8.50. The minimum Gasteiger partial charge on any atom is -0.281 e. The van der Waals surface area contributed by atoms with Gasteiger partial charge in [-0.05, 0) is 36.0 Å². The van der Waals surface area contributed by atoms with E-state index >= 15 is 0 Å². The molecule has 0 bridgehead atoms. The maximum atomic E-state index is 10.9. The van der Waals surface area contributed by atoms with Crippen LogP contribution in [0.15, 0.2) is 0 Å². The second-order valence-electron chi connectivity index (χ2n) is 4.02. The molecule has 0 aromatic heterocycles. The van der Waals surface area contributed by atoms with Crippen molar-refractivity contribution in [2.75, 3.05) is 0 Å². The van der Waals surface area contributed by atoms with Gasteiger partial charge in [0.25, 0.3) is 0 Å². The van der Waals surface area contributed by atoms with Crippen LogP contribution in [-0.2, 0) is 9.59 Å². The van der Waals surface area contributed by atoms with Crippen LogP contribution in [0.5, 0.6) is 0 Å². The largest absolute Gasteiger partial charge is 0.281 e. The van der Waals surface area contributed by atoms with Crippen molar-refractivity contribution in [1.82, 2.24) is 0 Å². The van der Waals surface area contributed by atoms with E-state index in [0.29, 0.717) is 12.8 Å². The second-order valence-corrected chi connectivity index (χ2v) is 4.71. The molecule has 0 N–H and O–H groups in total. The summed E-state index contributed by atoms with van der Waals surface area (Å²) in [6.45, 7) is 3.51. The van der Waals surface area contributed by atoms with E-state index in [-0.39, 0.29) is 10.5 Å². The standard InChI is InChI=1S/C8H10Cl2O2/c1-7(5(9)11)3-8(2,4-7)6(10)12/h3-4H2,1-2H3. The number of carbonyl (C=O) groups is 2. The molecular formula is C8H10Cl2O2. The molecule has 0 aromatic rings. The van der Waals surface area contributed by atoms with Crippen LogP contribution in [-0.4, -0.2) is 10.5 Å². The van der Waals surface area contributed by atoms with Gasteiger partial charge in [0, 0.05) is 10.8 Å². The highest BCUT2D eigenvalue weighted by molar-refractivity contribution is 6.66. The molecule has 68 valence electrons. The fraction of sp³-hybridized carbons (Fsp3) is 0.750. The van der Waals surface area contributed by atoms with Crippen LogP contribution in [0.3, 0.4) is 0 Å². The molecule has 0 heterocycles. The Balaban J connectivity index is 2.68. The van der Waals surface area contributed by atoms with Gasteiger partial charge in [0.05, 0.1) is 0 Å². The van der Waals surface area contributed by atoms with E-state index in [1.54, 1.807) is 13.8 Å². The molecule has 0 saturated heterocycles. The summed E-state index contributed by atoms with van der Waals surface area (Å²) < 4.78 is 0. The van der Waals surface area contributed by atoms with Crippen LogP contribution >= 0.6 is 23.2 Å². The predicted molar refractivity (Wildman–Crippen MR) is 47.2 cm³/mol. The third-order valence-corrected chi connectivity index (χ3v) is 3.42. The molecule has 12 heavy (non-hydrogen) atoms. The van der Waals surface area contributed by atoms with Crippen molar-refractivity contribution in [2.24, 2.45) is 10.8 Å². The van der Waals surface area contributed by atoms with Crippen LogP contribution in [0, 0.1) is 10.8 Å². The van der Waals surface area contributed by atoms with Crippen LogP contribution in [0.1, 0.15) is 26.7 Å². The molecule has 1 fully saturated rings. The van der Waals surface area contributed by atoms with Gasteiger partial charge in [0.2, 0.25) is 10.5 Å². The van der Waals surface area contributed by atoms with Crippen molar-refractivity contribution in [3.8, 4) is 0 Å². The third-order valence-electron chi connectivity index (χ3n) is 2.51. The van der Waals surface area contributed by atoms with E-state index < -0.39 is 10.8 Å². The number of carbonyl (C=O) groups excluding carboxylic acids is 2. The van der Waals surface area contributed by atoms with E-state index in [9.17, 15) is 9.59 Å². The van der Waals surface area contributed by atoms with E-state index in [1.165, 1.54) is 0 Å². The second kappa shape index (κ2) is 2.71. The van der Waals surface area contributed by atoms with Crippen LogP contribution in [0.25, 0.3) is 0 Å². The van der Waals surface area contributed by atoms with Gasteiger partial charge in [-0.1, -0.05) is 13.8 Å². The van der Waals surface area contributed by atoms with Crippen LogP contribution in [0.4, 0.5) is 0 Å². The molecular weight excluding hydrogens is 199 g/mol. The summed E-state index contributed by atoms with van der Waals surface area (Å²) in [7, 11) is 0. The quantitative estimate of drug-likeness (QED) is 0.654. The van der Waals surface area contributed by atoms with Gasteiger partial charge < -0.3 is 0 Å². The monoisotopic (exact) mass is 208 g/mol. The zero-order valence-electron chi connectivity index (χ0n) is 6.99. The highest BCUT2D eigenvalue weighted by Gasteiger charge is 2.55. The Labute approximate surface area is 81.2 Å². The molecule has 0 amide bonds. The summed E-state index contributed by atoms with van der Waals surface area (Å²) >= 11 is 10.7. The Hall–Kier alpha value is -0.0800. The Morgan fingerprint density at radius 1 is 1.00 bits per heavy atom. The molecule has 0 radical (unpaired) electrons. The summed E-state index contributed by atoms with van der Waals surface area (Å²) in [5, 5.41) is -0.754. The van der Waals surface area contributed by atoms with Gasteiger partial charge in [0.15, 0.2) is 0 Å². The Morgan fingerprint density at radius 3 is 1.42 bits per heavy atom. The Bertz CT molecular complexity index is 217. The third kappa shape index (κ3) is 1.38. The summed E-state index contributed by atoms with van der Waals surface area (Å²) in [5.41, 5.74) is -1.08. The maximum Gasteiger partial charge on any atom is 0.227 e. The van der Waals surface area contributed by atoms with E-state index in [4.69, 9.17) is 23.2 Å². The SMILES string of the molecule is CC1(C(=O)Cl)CC(C)(C(=O)Cl)C1. The molecule has 0 unspecified atom stereocenters. The maximum absolute atomic E-state index is 10.9. The fourth-order valence-corrected chi connectivity index (χ4v) is 2.22. The van der Waals surface area contributed by atoms with Crippen molar-refractivity contribution in [3.05, 3.63) is 0 Å². The first kappa shape index (κ1) is 10.0. The number of halogens is 2. The van der Waals surface area contributed by atoms with Crippen molar-refractivity contribution in [2.45, 2.75) is 26.7 Å². The molecule has 1 aliphatic rings. The van der Waals surface area contributed by atoms with Gasteiger partial charge in [-0.15, -0.1) is 0 Å². The smallest absolute Gasteiger partial charge is 0.227 e. The molecule has 4 heteroatoms. The molecule has 0 aliphatic heterocycles. The molecule has 1 rings (SSSR count). The first-order valence-electron chi connectivity index (χ1n) is 3.70. The van der Waals surface area contributed by atoms with Crippen molar-refractivity contribution >= 4 is 33.7 Å². The van der Waals surface area contributed by atoms with Crippen molar-refractivity contribution in [1.29, 1.82) is 0 Å². The lowest BCUT2D eigenvalue weighted by Gasteiger charge is -2.48. The van der Waals surface area contributed by atoms with Gasteiger partial charge in [-0.25, -0.2) is 0 Å². The van der Waals surface area contributed by atoms with Crippen LogP contribution < -0.4 is 0 Å². The first-order valence-corrected chi connectivity index (χ1v) is 4.46. The van der Waals surface area contributed by atoms with Crippen molar-refractivity contribution in [3.63, 3.8) is 0 Å².